The minimum absolute atomic E-state index is 0.393. The molecule has 0 atom stereocenters. The van der Waals surface area contributed by atoms with Crippen molar-refractivity contribution >= 4 is 17.3 Å². The summed E-state index contributed by atoms with van der Waals surface area (Å²) >= 11 is 6.04. The van der Waals surface area contributed by atoms with Crippen molar-refractivity contribution in [3.8, 4) is 17.6 Å². The standard InChI is InChI=1S/C14H12ClN3O/c1-8-5-13(11(7-16)9(2)18-8)19-14-6-10(17)3-4-12(14)15/h3-6H,17H2,1-2H3. The van der Waals surface area contributed by atoms with Crippen molar-refractivity contribution in [1.29, 1.82) is 5.26 Å². The van der Waals surface area contributed by atoms with Gasteiger partial charge in [-0.1, -0.05) is 11.6 Å². The molecule has 0 amide bonds. The van der Waals surface area contributed by atoms with Crippen LogP contribution in [0.3, 0.4) is 0 Å². The lowest BCUT2D eigenvalue weighted by Gasteiger charge is -2.11. The molecule has 5 heteroatoms. The Morgan fingerprint density at radius 3 is 2.68 bits per heavy atom. The summed E-state index contributed by atoms with van der Waals surface area (Å²) in [6.45, 7) is 3.60. The third-order valence-corrected chi connectivity index (χ3v) is 2.89. The predicted octanol–water partition coefficient (Wildman–Crippen LogP) is 3.60. The summed E-state index contributed by atoms with van der Waals surface area (Å²) in [4.78, 5) is 4.23. The largest absolute Gasteiger partial charge is 0.454 e. The van der Waals surface area contributed by atoms with Crippen LogP contribution in [0.5, 0.6) is 11.5 Å². The maximum absolute atomic E-state index is 9.16. The van der Waals surface area contributed by atoms with Crippen molar-refractivity contribution < 1.29 is 4.74 Å². The Hall–Kier alpha value is -2.25. The minimum Gasteiger partial charge on any atom is -0.454 e. The number of nitriles is 1. The van der Waals surface area contributed by atoms with Crippen LogP contribution in [0.4, 0.5) is 5.69 Å². The smallest absolute Gasteiger partial charge is 0.148 e. The molecule has 0 fully saturated rings. The van der Waals surface area contributed by atoms with Gasteiger partial charge in [0.05, 0.1) is 10.7 Å². The van der Waals surface area contributed by atoms with E-state index < -0.39 is 0 Å². The summed E-state index contributed by atoms with van der Waals surface area (Å²) in [5, 5.41) is 9.60. The molecule has 0 aliphatic rings. The topological polar surface area (TPSA) is 71.9 Å². The van der Waals surface area contributed by atoms with E-state index in [-0.39, 0.29) is 0 Å². The molecule has 0 aliphatic heterocycles. The van der Waals surface area contributed by atoms with Gasteiger partial charge in [0.15, 0.2) is 0 Å². The average molecular weight is 274 g/mol. The first-order valence-corrected chi connectivity index (χ1v) is 6.00. The fourth-order valence-corrected chi connectivity index (χ4v) is 1.88. The van der Waals surface area contributed by atoms with Gasteiger partial charge in [0.25, 0.3) is 0 Å². The van der Waals surface area contributed by atoms with Gasteiger partial charge in [-0.05, 0) is 26.0 Å². The number of ether oxygens (including phenoxy) is 1. The minimum atomic E-state index is 0.393. The number of benzene rings is 1. The quantitative estimate of drug-likeness (QED) is 0.849. The van der Waals surface area contributed by atoms with Crippen LogP contribution in [0.25, 0.3) is 0 Å². The number of anilines is 1. The highest BCUT2D eigenvalue weighted by atomic mass is 35.5. The lowest BCUT2D eigenvalue weighted by molar-refractivity contribution is 0.479. The molecule has 0 saturated heterocycles. The van der Waals surface area contributed by atoms with E-state index in [1.54, 1.807) is 31.2 Å². The first-order chi connectivity index (χ1) is 9.01. The average Bonchev–Trinajstić information content (AvgIpc) is 2.33. The Kier molecular flexibility index (Phi) is 3.59. The van der Waals surface area contributed by atoms with Crippen LogP contribution in [0, 0.1) is 25.2 Å². The molecule has 2 N–H and O–H groups in total. The van der Waals surface area contributed by atoms with Gasteiger partial charge in [0, 0.05) is 23.5 Å². The van der Waals surface area contributed by atoms with Crippen molar-refractivity contribution in [1.82, 2.24) is 4.98 Å². The molecule has 96 valence electrons. The molecule has 0 bridgehead atoms. The van der Waals surface area contributed by atoms with Gasteiger partial charge < -0.3 is 10.5 Å². The van der Waals surface area contributed by atoms with Gasteiger partial charge in [-0.25, -0.2) is 0 Å². The maximum Gasteiger partial charge on any atom is 0.148 e. The molecular weight excluding hydrogens is 262 g/mol. The summed E-state index contributed by atoms with van der Waals surface area (Å²) in [7, 11) is 0. The Morgan fingerprint density at radius 2 is 2.00 bits per heavy atom. The molecular formula is C14H12ClN3O. The molecule has 2 rings (SSSR count). The zero-order chi connectivity index (χ0) is 14.0. The highest BCUT2D eigenvalue weighted by Crippen LogP contribution is 2.33. The zero-order valence-electron chi connectivity index (χ0n) is 10.6. The Bertz CT molecular complexity index is 677. The molecule has 0 unspecified atom stereocenters. The van der Waals surface area contributed by atoms with Crippen LogP contribution in [-0.4, -0.2) is 4.98 Å². The third kappa shape index (κ3) is 2.78. The third-order valence-electron chi connectivity index (χ3n) is 2.58. The lowest BCUT2D eigenvalue weighted by atomic mass is 10.2. The zero-order valence-corrected chi connectivity index (χ0v) is 11.3. The van der Waals surface area contributed by atoms with E-state index in [9.17, 15) is 0 Å². The summed E-state index contributed by atoms with van der Waals surface area (Å²) in [6, 6.07) is 8.74. The number of rotatable bonds is 2. The number of nitrogens with two attached hydrogens (primary N) is 1. The molecule has 1 heterocycles. The molecule has 1 aromatic carbocycles. The van der Waals surface area contributed by atoms with Crippen LogP contribution < -0.4 is 10.5 Å². The summed E-state index contributed by atoms with van der Waals surface area (Å²) in [5.41, 5.74) is 8.02. The fraction of sp³-hybridized carbons (Fsp3) is 0.143. The highest BCUT2D eigenvalue weighted by Gasteiger charge is 2.12. The Labute approximate surface area is 116 Å². The molecule has 0 aliphatic carbocycles. The predicted molar refractivity (Wildman–Crippen MR) is 74.4 cm³/mol. The van der Waals surface area contributed by atoms with E-state index in [0.29, 0.717) is 33.5 Å². The maximum atomic E-state index is 9.16. The van der Waals surface area contributed by atoms with E-state index in [1.165, 1.54) is 0 Å². The number of aromatic nitrogens is 1. The van der Waals surface area contributed by atoms with Crippen molar-refractivity contribution in [2.45, 2.75) is 13.8 Å². The number of pyridine rings is 1. The van der Waals surface area contributed by atoms with Gasteiger partial charge in [0.1, 0.15) is 23.1 Å². The summed E-state index contributed by atoms with van der Waals surface area (Å²) in [5.74, 6) is 0.850. The van der Waals surface area contributed by atoms with Crippen molar-refractivity contribution in [2.24, 2.45) is 0 Å². The number of hydrogen-bond donors (Lipinski definition) is 1. The number of nitrogens with zero attached hydrogens (tertiary/aromatic N) is 2. The van der Waals surface area contributed by atoms with E-state index in [1.807, 2.05) is 6.92 Å². The normalized spacial score (nSPS) is 10.0. The molecule has 4 nitrogen and oxygen atoms in total. The first kappa shape index (κ1) is 13.2. The lowest BCUT2D eigenvalue weighted by Crippen LogP contribution is -1.97. The number of aryl methyl sites for hydroxylation is 2. The summed E-state index contributed by atoms with van der Waals surface area (Å²) in [6.07, 6.45) is 0. The van der Waals surface area contributed by atoms with Crippen molar-refractivity contribution in [2.75, 3.05) is 5.73 Å². The SMILES string of the molecule is Cc1cc(Oc2cc(N)ccc2Cl)c(C#N)c(C)n1. The second kappa shape index (κ2) is 5.17. The van der Waals surface area contributed by atoms with Gasteiger partial charge >= 0.3 is 0 Å². The van der Waals surface area contributed by atoms with Crippen LogP contribution in [0.1, 0.15) is 17.0 Å². The second-order valence-corrected chi connectivity index (χ2v) is 4.53. The molecule has 19 heavy (non-hydrogen) atoms. The second-order valence-electron chi connectivity index (χ2n) is 4.13. The fourth-order valence-electron chi connectivity index (χ4n) is 1.73. The van der Waals surface area contributed by atoms with Crippen LogP contribution >= 0.6 is 11.6 Å². The molecule has 0 radical (unpaired) electrons. The number of hydrogen-bond acceptors (Lipinski definition) is 4. The molecule has 2 aromatic rings. The van der Waals surface area contributed by atoms with Crippen LogP contribution in [0.15, 0.2) is 24.3 Å². The molecule has 0 saturated carbocycles. The van der Waals surface area contributed by atoms with Crippen LogP contribution in [-0.2, 0) is 0 Å². The van der Waals surface area contributed by atoms with E-state index in [2.05, 4.69) is 11.1 Å². The van der Waals surface area contributed by atoms with Gasteiger partial charge in [-0.15, -0.1) is 0 Å². The molecule has 1 aromatic heterocycles. The number of halogens is 1. The van der Waals surface area contributed by atoms with E-state index >= 15 is 0 Å². The van der Waals surface area contributed by atoms with Crippen molar-refractivity contribution in [3.05, 3.63) is 46.2 Å². The van der Waals surface area contributed by atoms with E-state index in [4.69, 9.17) is 27.3 Å². The first-order valence-electron chi connectivity index (χ1n) is 5.62. The molecule has 0 spiro atoms. The van der Waals surface area contributed by atoms with Gasteiger partial charge in [-0.3, -0.25) is 4.98 Å². The van der Waals surface area contributed by atoms with Gasteiger partial charge in [-0.2, -0.15) is 5.26 Å². The highest BCUT2D eigenvalue weighted by molar-refractivity contribution is 6.32. The van der Waals surface area contributed by atoms with E-state index in [0.717, 1.165) is 5.69 Å². The Morgan fingerprint density at radius 1 is 1.26 bits per heavy atom. The van der Waals surface area contributed by atoms with Gasteiger partial charge in [0.2, 0.25) is 0 Å². The van der Waals surface area contributed by atoms with Crippen LogP contribution in [0.2, 0.25) is 5.02 Å². The van der Waals surface area contributed by atoms with Crippen molar-refractivity contribution in [3.63, 3.8) is 0 Å². The Balaban J connectivity index is 2.49. The number of nitrogen functional groups attached to an aromatic ring is 1. The monoisotopic (exact) mass is 273 g/mol. The summed E-state index contributed by atoms with van der Waals surface area (Å²) < 4.78 is 5.70.